The number of nitrogens with one attached hydrogen (secondary N) is 1. The highest BCUT2D eigenvalue weighted by molar-refractivity contribution is 8.04. The normalized spacial score (nSPS) is 11.4. The van der Waals surface area contributed by atoms with Crippen LogP contribution in [0.1, 0.15) is 17.0 Å². The third-order valence-corrected chi connectivity index (χ3v) is 4.73. The zero-order chi connectivity index (χ0) is 19.2. The van der Waals surface area contributed by atoms with Crippen LogP contribution < -0.4 is 9.84 Å². The quantitative estimate of drug-likeness (QED) is 0.483. The molecule has 0 fully saturated rings. The van der Waals surface area contributed by atoms with Crippen LogP contribution in [0.3, 0.4) is 0 Å². The fraction of sp³-hybridized carbons (Fsp3) is 0.105. The van der Waals surface area contributed by atoms with Gasteiger partial charge in [-0.3, -0.25) is 5.10 Å². The molecular weight excluding hydrogens is 386 g/mol. The van der Waals surface area contributed by atoms with Gasteiger partial charge in [-0.25, -0.2) is 4.98 Å². The van der Waals surface area contributed by atoms with Gasteiger partial charge in [0.2, 0.25) is 5.16 Å². The van der Waals surface area contributed by atoms with Crippen molar-refractivity contribution in [1.82, 2.24) is 15.2 Å². The minimum absolute atomic E-state index is 0.00254. The van der Waals surface area contributed by atoms with Crippen LogP contribution in [0, 0.1) is 6.92 Å². The second kappa shape index (κ2) is 8.75. The molecule has 0 atom stereocenters. The van der Waals surface area contributed by atoms with Gasteiger partial charge in [0.05, 0.1) is 5.97 Å². The SMILES string of the molecule is Cc1nc(S/C(=C/c2cccc(OCc3ccccc3Cl)c2)C(=O)[O-])n[nH]1. The number of hydrogen-bond donors (Lipinski definition) is 1. The summed E-state index contributed by atoms with van der Waals surface area (Å²) in [5.74, 6) is -0.102. The molecule has 8 heteroatoms. The van der Waals surface area contributed by atoms with Gasteiger partial charge in [0.15, 0.2) is 0 Å². The number of carboxylic acids is 1. The van der Waals surface area contributed by atoms with Gasteiger partial charge in [-0.1, -0.05) is 41.9 Å². The van der Waals surface area contributed by atoms with Crippen LogP contribution in [0.25, 0.3) is 6.08 Å². The number of hydrogen-bond acceptors (Lipinski definition) is 6. The molecule has 2 aromatic carbocycles. The Hall–Kier alpha value is -2.77. The van der Waals surface area contributed by atoms with Crippen molar-refractivity contribution in [1.29, 1.82) is 0 Å². The van der Waals surface area contributed by atoms with Crippen LogP contribution in [0.5, 0.6) is 5.75 Å². The van der Waals surface area contributed by atoms with Gasteiger partial charge in [0, 0.05) is 15.5 Å². The molecule has 0 aliphatic rings. The third-order valence-electron chi connectivity index (χ3n) is 3.49. The summed E-state index contributed by atoms with van der Waals surface area (Å²) in [4.78, 5) is 15.5. The molecule has 3 rings (SSSR count). The number of carbonyl (C=O) groups is 1. The lowest BCUT2D eigenvalue weighted by Gasteiger charge is -2.09. The van der Waals surface area contributed by atoms with E-state index in [4.69, 9.17) is 16.3 Å². The van der Waals surface area contributed by atoms with Crippen molar-refractivity contribution in [3.63, 3.8) is 0 Å². The fourth-order valence-electron chi connectivity index (χ4n) is 2.22. The van der Waals surface area contributed by atoms with E-state index in [2.05, 4.69) is 15.2 Å². The van der Waals surface area contributed by atoms with E-state index in [0.29, 0.717) is 33.9 Å². The van der Waals surface area contributed by atoms with E-state index in [9.17, 15) is 9.90 Å². The minimum atomic E-state index is -1.30. The number of aliphatic carboxylic acids is 1. The van der Waals surface area contributed by atoms with Crippen LogP contribution in [0.2, 0.25) is 5.02 Å². The Bertz CT molecular complexity index is 988. The number of aromatic amines is 1. The molecule has 0 saturated heterocycles. The molecule has 6 nitrogen and oxygen atoms in total. The van der Waals surface area contributed by atoms with Crippen molar-refractivity contribution < 1.29 is 14.6 Å². The Labute approximate surface area is 165 Å². The summed E-state index contributed by atoms with van der Waals surface area (Å²) in [6.07, 6.45) is 1.49. The highest BCUT2D eigenvalue weighted by atomic mass is 35.5. The molecule has 0 aliphatic carbocycles. The second-order valence-corrected chi connectivity index (χ2v) is 6.97. The average Bonchev–Trinajstić information content (AvgIpc) is 3.06. The Morgan fingerprint density at radius 1 is 1.30 bits per heavy atom. The van der Waals surface area contributed by atoms with Crippen LogP contribution in [-0.2, 0) is 11.4 Å². The van der Waals surface area contributed by atoms with Gasteiger partial charge >= 0.3 is 0 Å². The smallest absolute Gasteiger partial charge is 0.213 e. The first-order valence-electron chi connectivity index (χ1n) is 7.97. The van der Waals surface area contributed by atoms with Crippen molar-refractivity contribution in [2.75, 3.05) is 0 Å². The minimum Gasteiger partial charge on any atom is -0.544 e. The summed E-state index contributed by atoms with van der Waals surface area (Å²) in [5.41, 5.74) is 1.52. The predicted octanol–water partition coefficient (Wildman–Crippen LogP) is 3.23. The molecule has 0 aliphatic heterocycles. The predicted molar refractivity (Wildman–Crippen MR) is 102 cm³/mol. The molecule has 138 valence electrons. The molecule has 0 amide bonds. The molecule has 0 bridgehead atoms. The lowest BCUT2D eigenvalue weighted by molar-refractivity contribution is -0.297. The maximum atomic E-state index is 11.4. The van der Waals surface area contributed by atoms with Gasteiger partial charge in [0.25, 0.3) is 0 Å². The summed E-state index contributed by atoms with van der Waals surface area (Å²) in [6, 6.07) is 14.5. The number of halogens is 1. The van der Waals surface area contributed by atoms with Crippen LogP contribution in [-0.4, -0.2) is 21.2 Å². The first-order chi connectivity index (χ1) is 13.0. The van der Waals surface area contributed by atoms with E-state index >= 15 is 0 Å². The number of H-pyrrole nitrogens is 1. The Balaban J connectivity index is 1.75. The lowest BCUT2D eigenvalue weighted by Crippen LogP contribution is -2.23. The van der Waals surface area contributed by atoms with Crippen molar-refractivity contribution in [2.45, 2.75) is 18.7 Å². The number of benzene rings is 2. The molecule has 1 aromatic heterocycles. The van der Waals surface area contributed by atoms with Crippen LogP contribution in [0.15, 0.2) is 58.6 Å². The van der Waals surface area contributed by atoms with Gasteiger partial charge < -0.3 is 14.6 Å². The molecule has 0 unspecified atom stereocenters. The standard InChI is InChI=1S/C19H16ClN3O3S/c1-12-21-19(23-22-12)27-17(18(24)25)10-13-5-4-7-15(9-13)26-11-14-6-2-3-8-16(14)20/h2-10H,11H2,1H3,(H,24,25)(H,21,22,23)/p-1/b17-10+. The lowest BCUT2D eigenvalue weighted by atomic mass is 10.2. The number of aromatic nitrogens is 3. The summed E-state index contributed by atoms with van der Waals surface area (Å²) in [5, 5.41) is 19.0. The third kappa shape index (κ3) is 5.35. The van der Waals surface area contributed by atoms with E-state index in [1.807, 2.05) is 18.2 Å². The van der Waals surface area contributed by atoms with Crippen molar-refractivity contribution >= 4 is 35.4 Å². The van der Waals surface area contributed by atoms with Gasteiger partial charge in [-0.05, 0) is 48.5 Å². The fourth-order valence-corrected chi connectivity index (χ4v) is 3.16. The zero-order valence-electron chi connectivity index (χ0n) is 14.3. The number of carboxylic acid groups (broad SMARTS) is 1. The van der Waals surface area contributed by atoms with Gasteiger partial charge in [-0.2, -0.15) is 0 Å². The summed E-state index contributed by atoms with van der Waals surface area (Å²) in [7, 11) is 0. The molecular formula is C19H15ClN3O3S-. The van der Waals surface area contributed by atoms with Crippen molar-refractivity contribution in [3.8, 4) is 5.75 Å². The van der Waals surface area contributed by atoms with E-state index in [1.54, 1.807) is 37.3 Å². The maximum Gasteiger partial charge on any atom is 0.213 e. The summed E-state index contributed by atoms with van der Waals surface area (Å²) in [6.45, 7) is 2.05. The maximum absolute atomic E-state index is 11.4. The highest BCUT2D eigenvalue weighted by Gasteiger charge is 2.08. The van der Waals surface area contributed by atoms with Crippen molar-refractivity contribution in [3.05, 3.63) is 75.4 Å². The van der Waals surface area contributed by atoms with E-state index < -0.39 is 5.97 Å². The number of rotatable bonds is 7. The number of carbonyl (C=O) groups excluding carboxylic acids is 1. The number of aryl methyl sites for hydroxylation is 1. The molecule has 0 radical (unpaired) electrons. The molecule has 27 heavy (non-hydrogen) atoms. The first kappa shape index (κ1) is 19.0. The van der Waals surface area contributed by atoms with E-state index in [1.165, 1.54) is 6.08 Å². The molecule has 3 aromatic rings. The Morgan fingerprint density at radius 2 is 2.11 bits per heavy atom. The van der Waals surface area contributed by atoms with Gasteiger partial charge in [0.1, 0.15) is 18.2 Å². The van der Waals surface area contributed by atoms with E-state index in [-0.39, 0.29) is 4.91 Å². The highest BCUT2D eigenvalue weighted by Crippen LogP contribution is 2.26. The number of nitrogens with zero attached hydrogens (tertiary/aromatic N) is 2. The topological polar surface area (TPSA) is 90.9 Å². The first-order valence-corrected chi connectivity index (χ1v) is 9.17. The average molecular weight is 401 g/mol. The molecule has 1 N–H and O–H groups in total. The summed E-state index contributed by atoms with van der Waals surface area (Å²) >= 11 is 7.04. The summed E-state index contributed by atoms with van der Waals surface area (Å²) < 4.78 is 5.76. The molecule has 0 saturated carbocycles. The second-order valence-electron chi connectivity index (χ2n) is 5.55. The van der Waals surface area contributed by atoms with Crippen LogP contribution in [0.4, 0.5) is 0 Å². The largest absolute Gasteiger partial charge is 0.544 e. The Morgan fingerprint density at radius 3 is 2.81 bits per heavy atom. The molecule has 0 spiro atoms. The number of thioether (sulfide) groups is 1. The molecule has 1 heterocycles. The van der Waals surface area contributed by atoms with Crippen molar-refractivity contribution in [2.24, 2.45) is 0 Å². The monoisotopic (exact) mass is 400 g/mol. The van der Waals surface area contributed by atoms with E-state index in [0.717, 1.165) is 17.3 Å². The zero-order valence-corrected chi connectivity index (χ0v) is 15.9. The van der Waals surface area contributed by atoms with Gasteiger partial charge in [-0.15, -0.1) is 5.10 Å². The van der Waals surface area contributed by atoms with Crippen LogP contribution >= 0.6 is 23.4 Å². The number of ether oxygens (including phenoxy) is 1. The Kier molecular flexibility index (Phi) is 6.16.